The van der Waals surface area contributed by atoms with Crippen molar-refractivity contribution in [2.24, 2.45) is 0 Å². The van der Waals surface area contributed by atoms with Crippen molar-refractivity contribution in [2.45, 2.75) is 32.4 Å². The van der Waals surface area contributed by atoms with E-state index in [4.69, 9.17) is 0 Å². The smallest absolute Gasteiger partial charge is 0.333 e. The molecular formula is C9H13NO5S. The number of thioether (sulfide) groups is 1. The molecule has 0 radical (unpaired) electrons. The number of hydrogen-bond donors (Lipinski definition) is 1. The van der Waals surface area contributed by atoms with Crippen molar-refractivity contribution in [3.05, 3.63) is 0 Å². The Hall–Kier alpha value is -1.08. The largest absolute Gasteiger partial charge is 0.370 e. The zero-order valence-electron chi connectivity index (χ0n) is 8.84. The molecule has 0 bridgehead atoms. The SMILES string of the molecule is CC(=O)SCCC(=O)ON1C(=O)CCC1O. The van der Waals surface area contributed by atoms with Crippen molar-refractivity contribution in [3.63, 3.8) is 0 Å². The summed E-state index contributed by atoms with van der Waals surface area (Å²) in [6.45, 7) is 1.41. The van der Waals surface area contributed by atoms with E-state index in [-0.39, 0.29) is 24.4 Å². The van der Waals surface area contributed by atoms with Crippen molar-refractivity contribution in [1.82, 2.24) is 5.06 Å². The first-order chi connectivity index (χ1) is 7.50. The maximum Gasteiger partial charge on any atom is 0.333 e. The van der Waals surface area contributed by atoms with Crippen LogP contribution in [0.2, 0.25) is 0 Å². The van der Waals surface area contributed by atoms with Crippen molar-refractivity contribution in [3.8, 4) is 0 Å². The molecule has 1 atom stereocenters. The fourth-order valence-corrected chi connectivity index (χ4v) is 1.75. The number of hydroxylamine groups is 2. The van der Waals surface area contributed by atoms with E-state index >= 15 is 0 Å². The Balaban J connectivity index is 2.28. The van der Waals surface area contributed by atoms with E-state index in [2.05, 4.69) is 4.84 Å². The van der Waals surface area contributed by atoms with Crippen LogP contribution >= 0.6 is 11.8 Å². The number of aliphatic hydroxyl groups is 1. The van der Waals surface area contributed by atoms with E-state index in [1.54, 1.807) is 0 Å². The molecule has 0 spiro atoms. The van der Waals surface area contributed by atoms with Gasteiger partial charge in [0.25, 0.3) is 5.91 Å². The van der Waals surface area contributed by atoms with Crippen LogP contribution < -0.4 is 0 Å². The first kappa shape index (κ1) is 13.0. The summed E-state index contributed by atoms with van der Waals surface area (Å²) >= 11 is 1.01. The fourth-order valence-electron chi connectivity index (χ4n) is 1.19. The van der Waals surface area contributed by atoms with E-state index in [9.17, 15) is 19.5 Å². The number of nitrogens with zero attached hydrogens (tertiary/aromatic N) is 1. The summed E-state index contributed by atoms with van der Waals surface area (Å²) in [5, 5.41) is 9.91. The van der Waals surface area contributed by atoms with Gasteiger partial charge in [0.15, 0.2) is 11.3 Å². The van der Waals surface area contributed by atoms with Gasteiger partial charge in [-0.25, -0.2) is 4.79 Å². The van der Waals surface area contributed by atoms with E-state index in [0.717, 1.165) is 11.8 Å². The molecule has 0 saturated carbocycles. The molecule has 1 aliphatic rings. The number of carbonyl (C=O) groups is 3. The lowest BCUT2D eigenvalue weighted by molar-refractivity contribution is -0.220. The van der Waals surface area contributed by atoms with Gasteiger partial charge >= 0.3 is 5.97 Å². The van der Waals surface area contributed by atoms with Crippen molar-refractivity contribution >= 4 is 28.8 Å². The molecular weight excluding hydrogens is 234 g/mol. The highest BCUT2D eigenvalue weighted by Crippen LogP contribution is 2.17. The van der Waals surface area contributed by atoms with Gasteiger partial charge in [0.1, 0.15) is 0 Å². The quantitative estimate of drug-likeness (QED) is 0.756. The van der Waals surface area contributed by atoms with Crippen LogP contribution in [0.4, 0.5) is 0 Å². The van der Waals surface area contributed by atoms with E-state index < -0.39 is 18.1 Å². The predicted octanol–water partition coefficient (Wildman–Crippen LogP) is 0.0552. The Bertz CT molecular complexity index is 306. The summed E-state index contributed by atoms with van der Waals surface area (Å²) in [6.07, 6.45) is -0.567. The number of rotatable bonds is 4. The highest BCUT2D eigenvalue weighted by Gasteiger charge is 2.32. The molecule has 1 rings (SSSR count). The van der Waals surface area contributed by atoms with Gasteiger partial charge in [-0.2, -0.15) is 0 Å². The molecule has 7 heteroatoms. The first-order valence-corrected chi connectivity index (χ1v) is 5.83. The maximum absolute atomic E-state index is 11.2. The first-order valence-electron chi connectivity index (χ1n) is 4.85. The summed E-state index contributed by atoms with van der Waals surface area (Å²) in [6, 6.07) is 0. The maximum atomic E-state index is 11.2. The van der Waals surface area contributed by atoms with Gasteiger partial charge < -0.3 is 9.94 Å². The van der Waals surface area contributed by atoms with Gasteiger partial charge in [-0.3, -0.25) is 9.59 Å². The molecule has 1 N–H and O–H groups in total. The van der Waals surface area contributed by atoms with Crippen LogP contribution in [0.25, 0.3) is 0 Å². The average molecular weight is 247 g/mol. The minimum Gasteiger partial charge on any atom is -0.370 e. The normalized spacial score (nSPS) is 20.0. The van der Waals surface area contributed by atoms with Crippen LogP contribution in [0.1, 0.15) is 26.2 Å². The Morgan fingerprint density at radius 1 is 1.62 bits per heavy atom. The number of carbonyl (C=O) groups excluding carboxylic acids is 3. The van der Waals surface area contributed by atoms with Gasteiger partial charge in [-0.15, -0.1) is 5.06 Å². The molecule has 1 amide bonds. The minimum atomic E-state index is -1.04. The third-order valence-corrected chi connectivity index (χ3v) is 2.76. The number of hydrogen-bond acceptors (Lipinski definition) is 6. The lowest BCUT2D eigenvalue weighted by atomic mass is 10.4. The van der Waals surface area contributed by atoms with Crippen LogP contribution in [0.5, 0.6) is 0 Å². The highest BCUT2D eigenvalue weighted by atomic mass is 32.2. The molecule has 16 heavy (non-hydrogen) atoms. The second-order valence-corrected chi connectivity index (χ2v) is 4.56. The lowest BCUT2D eigenvalue weighted by Crippen LogP contribution is -2.35. The molecule has 90 valence electrons. The summed E-state index contributed by atoms with van der Waals surface area (Å²) in [4.78, 5) is 37.6. The van der Waals surface area contributed by atoms with E-state index in [0.29, 0.717) is 10.8 Å². The topological polar surface area (TPSA) is 83.9 Å². The Labute approximate surface area is 96.9 Å². The summed E-state index contributed by atoms with van der Waals surface area (Å²) in [5.41, 5.74) is 0. The molecule has 1 saturated heterocycles. The van der Waals surface area contributed by atoms with E-state index in [1.807, 2.05) is 0 Å². The van der Waals surface area contributed by atoms with E-state index in [1.165, 1.54) is 6.92 Å². The predicted molar refractivity (Wildman–Crippen MR) is 55.9 cm³/mol. The van der Waals surface area contributed by atoms with Crippen LogP contribution in [0.15, 0.2) is 0 Å². The summed E-state index contributed by atoms with van der Waals surface area (Å²) in [7, 11) is 0. The lowest BCUT2D eigenvalue weighted by Gasteiger charge is -2.18. The van der Waals surface area contributed by atoms with Crippen LogP contribution in [0, 0.1) is 0 Å². The molecule has 6 nitrogen and oxygen atoms in total. The third kappa shape index (κ3) is 3.82. The van der Waals surface area contributed by atoms with Gasteiger partial charge in [0.05, 0.1) is 6.42 Å². The summed E-state index contributed by atoms with van der Waals surface area (Å²) < 4.78 is 0. The highest BCUT2D eigenvalue weighted by molar-refractivity contribution is 8.13. The molecule has 1 aliphatic heterocycles. The van der Waals surface area contributed by atoms with Gasteiger partial charge in [0.2, 0.25) is 0 Å². The Kier molecular flexibility index (Phi) is 4.75. The molecule has 1 fully saturated rings. The standard InChI is InChI=1S/C9H13NO5S/c1-6(11)16-5-4-9(14)15-10-7(12)2-3-8(10)13/h7,12H,2-5H2,1H3. The summed E-state index contributed by atoms with van der Waals surface area (Å²) in [5.74, 6) is -0.713. The van der Waals surface area contributed by atoms with Crippen molar-refractivity contribution < 1.29 is 24.3 Å². The van der Waals surface area contributed by atoms with Crippen molar-refractivity contribution in [1.29, 1.82) is 0 Å². The second-order valence-electron chi connectivity index (χ2n) is 3.29. The van der Waals surface area contributed by atoms with Crippen LogP contribution in [-0.2, 0) is 19.2 Å². The fraction of sp³-hybridized carbons (Fsp3) is 0.667. The van der Waals surface area contributed by atoms with Gasteiger partial charge in [-0.05, 0) is 0 Å². The molecule has 0 aromatic rings. The molecule has 1 heterocycles. The average Bonchev–Trinajstić information content (AvgIpc) is 2.49. The molecule has 0 aromatic heterocycles. The Morgan fingerprint density at radius 3 is 2.81 bits per heavy atom. The Morgan fingerprint density at radius 2 is 2.31 bits per heavy atom. The van der Waals surface area contributed by atoms with Crippen LogP contribution in [0.3, 0.4) is 0 Å². The molecule has 1 unspecified atom stereocenters. The zero-order valence-corrected chi connectivity index (χ0v) is 9.66. The van der Waals surface area contributed by atoms with Crippen LogP contribution in [-0.4, -0.2) is 39.1 Å². The minimum absolute atomic E-state index is 0.0285. The van der Waals surface area contributed by atoms with Gasteiger partial charge in [0, 0.05) is 25.5 Å². The van der Waals surface area contributed by atoms with Crippen molar-refractivity contribution in [2.75, 3.05) is 5.75 Å². The number of amides is 1. The third-order valence-electron chi connectivity index (χ3n) is 1.94. The molecule has 0 aliphatic carbocycles. The second kappa shape index (κ2) is 5.86. The zero-order chi connectivity index (χ0) is 12.1. The number of aliphatic hydroxyl groups excluding tert-OH is 1. The van der Waals surface area contributed by atoms with Gasteiger partial charge in [-0.1, -0.05) is 11.8 Å². The molecule has 0 aromatic carbocycles. The monoisotopic (exact) mass is 247 g/mol.